The summed E-state index contributed by atoms with van der Waals surface area (Å²) in [4.78, 5) is 27.5. The van der Waals surface area contributed by atoms with Crippen LogP contribution >= 0.6 is 22.9 Å². The summed E-state index contributed by atoms with van der Waals surface area (Å²) in [7, 11) is 0. The van der Waals surface area contributed by atoms with Gasteiger partial charge in [0, 0.05) is 38.4 Å². The van der Waals surface area contributed by atoms with E-state index in [1.54, 1.807) is 45.9 Å². The van der Waals surface area contributed by atoms with Gasteiger partial charge in [-0.2, -0.15) is 0 Å². The Bertz CT molecular complexity index is 1370. The lowest BCUT2D eigenvalue weighted by Gasteiger charge is -2.31. The van der Waals surface area contributed by atoms with Gasteiger partial charge in [0.15, 0.2) is 0 Å². The molecule has 1 aliphatic heterocycles. The van der Waals surface area contributed by atoms with E-state index >= 15 is 0 Å². The predicted molar refractivity (Wildman–Crippen MR) is 133 cm³/mol. The van der Waals surface area contributed by atoms with Gasteiger partial charge in [-0.25, -0.2) is 4.68 Å². The number of nitrogens with zero attached hydrogens (tertiary/aromatic N) is 5. The first-order chi connectivity index (χ1) is 16.6. The van der Waals surface area contributed by atoms with Crippen LogP contribution in [-0.4, -0.2) is 51.6 Å². The van der Waals surface area contributed by atoms with Crippen molar-refractivity contribution in [2.45, 2.75) is 6.54 Å². The van der Waals surface area contributed by atoms with Crippen LogP contribution in [0.15, 0.2) is 65.7 Å². The zero-order valence-corrected chi connectivity index (χ0v) is 19.7. The minimum absolute atomic E-state index is 0.0904. The first-order valence-corrected chi connectivity index (χ1v) is 12.0. The Labute approximate surface area is 204 Å². The standard InChI is InChI=1S/C23H22ClN7O2S/c24-21-7-6-20(34-21)23(33)26-14-16-15-31(28-27-16)18-5-4-17(30-10-2-1-3-22(30)32)13-19(18)29-11-8-25-9-12-29/h1-7,10,13,15,25H,8-9,11-12,14H2,(H,26,33). The third-order valence-corrected chi connectivity index (χ3v) is 6.76. The van der Waals surface area contributed by atoms with Crippen LogP contribution in [0.4, 0.5) is 5.69 Å². The quantitative estimate of drug-likeness (QED) is 0.426. The van der Waals surface area contributed by atoms with Crippen LogP contribution in [0.5, 0.6) is 0 Å². The lowest BCUT2D eigenvalue weighted by atomic mass is 10.2. The van der Waals surface area contributed by atoms with Crippen molar-refractivity contribution < 1.29 is 4.79 Å². The monoisotopic (exact) mass is 495 g/mol. The molecule has 2 N–H and O–H groups in total. The van der Waals surface area contributed by atoms with Crippen LogP contribution in [0.1, 0.15) is 15.4 Å². The van der Waals surface area contributed by atoms with Crippen LogP contribution in [0.25, 0.3) is 11.4 Å². The van der Waals surface area contributed by atoms with Gasteiger partial charge >= 0.3 is 0 Å². The van der Waals surface area contributed by atoms with Crippen LogP contribution in [0, 0.1) is 0 Å². The van der Waals surface area contributed by atoms with Crippen molar-refractivity contribution >= 4 is 34.5 Å². The average molecular weight is 496 g/mol. The number of thiophene rings is 1. The minimum Gasteiger partial charge on any atom is -0.367 e. The Balaban J connectivity index is 1.42. The lowest BCUT2D eigenvalue weighted by Crippen LogP contribution is -2.44. The molecular formula is C23H22ClN7O2S. The van der Waals surface area contributed by atoms with Gasteiger partial charge in [-0.3, -0.25) is 14.2 Å². The molecule has 1 fully saturated rings. The molecule has 34 heavy (non-hydrogen) atoms. The van der Waals surface area contributed by atoms with E-state index in [4.69, 9.17) is 11.6 Å². The maximum absolute atomic E-state index is 12.4. The van der Waals surface area contributed by atoms with E-state index in [2.05, 4.69) is 25.8 Å². The van der Waals surface area contributed by atoms with Gasteiger partial charge in [0.2, 0.25) is 0 Å². The summed E-state index contributed by atoms with van der Waals surface area (Å²) < 4.78 is 3.89. The van der Waals surface area contributed by atoms with E-state index in [1.165, 1.54) is 11.3 Å². The van der Waals surface area contributed by atoms with Gasteiger partial charge in [0.05, 0.1) is 39.0 Å². The van der Waals surface area contributed by atoms with E-state index in [0.717, 1.165) is 43.2 Å². The molecule has 4 aromatic rings. The number of hydrogen-bond donors (Lipinski definition) is 2. The Kier molecular flexibility index (Phi) is 6.43. The molecule has 5 rings (SSSR count). The van der Waals surface area contributed by atoms with Gasteiger partial charge < -0.3 is 15.5 Å². The number of nitrogens with one attached hydrogen (secondary N) is 2. The Morgan fingerprint density at radius 3 is 2.74 bits per heavy atom. The zero-order chi connectivity index (χ0) is 23.5. The highest BCUT2D eigenvalue weighted by molar-refractivity contribution is 7.17. The highest BCUT2D eigenvalue weighted by Crippen LogP contribution is 2.27. The Morgan fingerprint density at radius 2 is 1.97 bits per heavy atom. The van der Waals surface area contributed by atoms with Gasteiger partial charge in [0.25, 0.3) is 11.5 Å². The summed E-state index contributed by atoms with van der Waals surface area (Å²) in [5, 5.41) is 14.8. The molecule has 1 aliphatic rings. The summed E-state index contributed by atoms with van der Waals surface area (Å²) in [6.45, 7) is 3.66. The maximum Gasteiger partial charge on any atom is 0.261 e. The third-order valence-electron chi connectivity index (χ3n) is 5.53. The number of benzene rings is 1. The fourth-order valence-corrected chi connectivity index (χ4v) is 4.81. The third kappa shape index (κ3) is 4.74. The fraction of sp³-hybridized carbons (Fsp3) is 0.217. The SMILES string of the molecule is O=C(NCc1cn(-c2ccc(-n3ccccc3=O)cc2N2CCNCC2)nn1)c1ccc(Cl)s1. The smallest absolute Gasteiger partial charge is 0.261 e. The molecule has 0 spiro atoms. The first kappa shape index (κ1) is 22.3. The fourth-order valence-electron chi connectivity index (χ4n) is 3.85. The number of hydrogen-bond acceptors (Lipinski definition) is 7. The molecule has 3 aromatic heterocycles. The molecule has 11 heteroatoms. The number of anilines is 1. The highest BCUT2D eigenvalue weighted by Gasteiger charge is 2.18. The second-order valence-electron chi connectivity index (χ2n) is 7.76. The Morgan fingerprint density at radius 1 is 1.12 bits per heavy atom. The molecule has 0 unspecified atom stereocenters. The normalized spacial score (nSPS) is 13.7. The van der Waals surface area contributed by atoms with Crippen molar-refractivity contribution in [3.63, 3.8) is 0 Å². The lowest BCUT2D eigenvalue weighted by molar-refractivity contribution is 0.0954. The minimum atomic E-state index is -0.203. The molecule has 9 nitrogen and oxygen atoms in total. The number of halogens is 1. The summed E-state index contributed by atoms with van der Waals surface area (Å²) in [6, 6.07) is 14.3. The highest BCUT2D eigenvalue weighted by atomic mass is 35.5. The number of carbonyl (C=O) groups is 1. The van der Waals surface area contributed by atoms with Crippen molar-refractivity contribution in [2.24, 2.45) is 0 Å². The van der Waals surface area contributed by atoms with Crippen molar-refractivity contribution in [1.29, 1.82) is 0 Å². The van der Waals surface area contributed by atoms with Crippen molar-refractivity contribution in [2.75, 3.05) is 31.1 Å². The zero-order valence-electron chi connectivity index (χ0n) is 18.1. The van der Waals surface area contributed by atoms with E-state index in [-0.39, 0.29) is 18.0 Å². The number of amides is 1. The van der Waals surface area contributed by atoms with Crippen molar-refractivity contribution in [3.8, 4) is 11.4 Å². The predicted octanol–water partition coefficient (Wildman–Crippen LogP) is 2.47. The molecule has 0 saturated carbocycles. The molecule has 0 aliphatic carbocycles. The van der Waals surface area contributed by atoms with Crippen molar-refractivity contribution in [3.05, 3.63) is 86.2 Å². The number of piperazine rings is 1. The molecule has 0 bridgehead atoms. The van der Waals surface area contributed by atoms with E-state index in [1.807, 2.05) is 24.3 Å². The molecule has 1 aromatic carbocycles. The maximum atomic E-state index is 12.4. The van der Waals surface area contributed by atoms with Crippen LogP contribution in [0.2, 0.25) is 4.34 Å². The van der Waals surface area contributed by atoms with Crippen LogP contribution < -0.4 is 21.1 Å². The largest absolute Gasteiger partial charge is 0.367 e. The molecule has 0 atom stereocenters. The summed E-state index contributed by atoms with van der Waals surface area (Å²) in [6.07, 6.45) is 3.56. The Hall–Kier alpha value is -3.47. The number of aromatic nitrogens is 4. The van der Waals surface area contributed by atoms with Crippen LogP contribution in [-0.2, 0) is 6.54 Å². The second kappa shape index (κ2) is 9.80. The first-order valence-electron chi connectivity index (χ1n) is 10.8. The molecule has 174 valence electrons. The molecule has 4 heterocycles. The van der Waals surface area contributed by atoms with E-state index in [9.17, 15) is 9.59 Å². The van der Waals surface area contributed by atoms with Gasteiger partial charge in [-0.05, 0) is 36.4 Å². The van der Waals surface area contributed by atoms with Gasteiger partial charge in [0.1, 0.15) is 5.69 Å². The van der Waals surface area contributed by atoms with E-state index in [0.29, 0.717) is 14.9 Å². The number of rotatable bonds is 6. The summed E-state index contributed by atoms with van der Waals surface area (Å²) in [5.74, 6) is -0.203. The summed E-state index contributed by atoms with van der Waals surface area (Å²) in [5.41, 5.74) is 3.14. The number of pyridine rings is 1. The van der Waals surface area contributed by atoms with Crippen LogP contribution in [0.3, 0.4) is 0 Å². The average Bonchev–Trinajstić information content (AvgIpc) is 3.52. The van der Waals surface area contributed by atoms with Crippen molar-refractivity contribution in [1.82, 2.24) is 30.2 Å². The topological polar surface area (TPSA) is 97.1 Å². The summed E-state index contributed by atoms with van der Waals surface area (Å²) >= 11 is 7.15. The van der Waals surface area contributed by atoms with Gasteiger partial charge in [-0.1, -0.05) is 22.9 Å². The molecular weight excluding hydrogens is 474 g/mol. The molecule has 0 radical (unpaired) electrons. The number of carbonyl (C=O) groups excluding carboxylic acids is 1. The molecule has 1 saturated heterocycles. The molecule has 1 amide bonds. The van der Waals surface area contributed by atoms with Gasteiger partial charge in [-0.15, -0.1) is 16.4 Å². The van der Waals surface area contributed by atoms with E-state index < -0.39 is 0 Å². The second-order valence-corrected chi connectivity index (χ2v) is 9.47.